The van der Waals surface area contributed by atoms with Crippen molar-refractivity contribution in [2.45, 2.75) is 270 Å². The van der Waals surface area contributed by atoms with Crippen LogP contribution >= 0.6 is 0 Å². The molecule has 0 saturated carbocycles. The summed E-state index contributed by atoms with van der Waals surface area (Å²) in [5.41, 5.74) is 0. The molecule has 0 aliphatic heterocycles. The first-order valence-corrected chi connectivity index (χ1v) is 27.3. The van der Waals surface area contributed by atoms with E-state index in [0.29, 0.717) is 19.3 Å². The molecule has 6 heteroatoms. The zero-order valence-corrected chi connectivity index (χ0v) is 42.6. The summed E-state index contributed by atoms with van der Waals surface area (Å²) in [7, 11) is 0. The summed E-state index contributed by atoms with van der Waals surface area (Å²) in [6.45, 7) is 6.31. The lowest BCUT2D eigenvalue weighted by Gasteiger charge is -2.24. The summed E-state index contributed by atoms with van der Waals surface area (Å²) < 4.78 is 5.88. The third kappa shape index (κ3) is 47.3. The molecule has 3 atom stereocenters. The van der Waals surface area contributed by atoms with Crippen molar-refractivity contribution in [3.05, 3.63) is 85.1 Å². The van der Waals surface area contributed by atoms with E-state index in [1.807, 2.05) is 6.08 Å². The minimum absolute atomic E-state index is 0.00653. The summed E-state index contributed by atoms with van der Waals surface area (Å²) in [5, 5.41) is 23.8. The number of amides is 1. The third-order valence-corrected chi connectivity index (χ3v) is 12.0. The van der Waals surface area contributed by atoms with Gasteiger partial charge in [-0.05, 0) is 64.2 Å². The first-order valence-electron chi connectivity index (χ1n) is 27.3. The van der Waals surface area contributed by atoms with Gasteiger partial charge in [-0.3, -0.25) is 9.59 Å². The fourth-order valence-electron chi connectivity index (χ4n) is 7.88. The molecule has 0 heterocycles. The molecule has 0 aliphatic rings. The second kappa shape index (κ2) is 52.0. The summed E-state index contributed by atoms with van der Waals surface area (Å²) >= 11 is 0. The third-order valence-electron chi connectivity index (χ3n) is 12.0. The lowest BCUT2D eigenvalue weighted by Crippen LogP contribution is -2.46. The number of hydrogen-bond donors (Lipinski definition) is 3. The highest BCUT2D eigenvalue weighted by Crippen LogP contribution is 2.17. The summed E-state index contributed by atoms with van der Waals surface area (Å²) in [6, 6.07) is -0.738. The van der Waals surface area contributed by atoms with Gasteiger partial charge in [0.1, 0.15) is 6.10 Å². The Morgan fingerprint density at radius 3 is 1.46 bits per heavy atom. The van der Waals surface area contributed by atoms with E-state index in [4.69, 9.17) is 4.74 Å². The molecule has 3 N–H and O–H groups in total. The fraction of sp³-hybridized carbons (Fsp3) is 0.729. The van der Waals surface area contributed by atoms with E-state index in [9.17, 15) is 19.8 Å². The Bertz CT molecular complexity index is 1250. The van der Waals surface area contributed by atoms with Crippen LogP contribution in [0.4, 0.5) is 0 Å². The first kappa shape index (κ1) is 62.0. The number of carbonyl (C=O) groups is 2. The van der Waals surface area contributed by atoms with Gasteiger partial charge in [-0.25, -0.2) is 0 Å². The first-order chi connectivity index (χ1) is 32.0. The van der Waals surface area contributed by atoms with Crippen LogP contribution < -0.4 is 5.32 Å². The van der Waals surface area contributed by atoms with E-state index in [1.54, 1.807) is 0 Å². The Labute approximate surface area is 402 Å². The van der Waals surface area contributed by atoms with Gasteiger partial charge in [0.05, 0.1) is 25.2 Å². The van der Waals surface area contributed by atoms with Gasteiger partial charge in [0.15, 0.2) is 0 Å². The molecule has 1 amide bonds. The SMILES string of the molecule is CC/C=C/C=C/C=C/CCCCCCCCCC(=O)OC(C/C=C\C/C=C\C/C=C\C/C=C\CCCCC)CC(=O)NC(CO)C(O)CCCCCCCCCCCCCCCCCC. The number of esters is 1. The van der Waals surface area contributed by atoms with E-state index in [-0.39, 0.29) is 24.9 Å². The monoisotopic (exact) mass is 906 g/mol. The van der Waals surface area contributed by atoms with Gasteiger partial charge in [0.2, 0.25) is 5.91 Å². The van der Waals surface area contributed by atoms with Gasteiger partial charge in [-0.2, -0.15) is 0 Å². The summed E-state index contributed by atoms with van der Waals surface area (Å²) in [5.74, 6) is -0.591. The second-order valence-corrected chi connectivity index (χ2v) is 18.3. The minimum atomic E-state index is -0.817. The van der Waals surface area contributed by atoms with Crippen LogP contribution in [0.5, 0.6) is 0 Å². The van der Waals surface area contributed by atoms with Gasteiger partial charge in [0, 0.05) is 12.8 Å². The number of aliphatic hydroxyl groups is 2. The molecule has 0 saturated heterocycles. The maximum absolute atomic E-state index is 13.2. The lowest BCUT2D eigenvalue weighted by atomic mass is 10.0. The van der Waals surface area contributed by atoms with E-state index in [0.717, 1.165) is 70.6 Å². The molecule has 0 fully saturated rings. The van der Waals surface area contributed by atoms with Crippen molar-refractivity contribution in [3.8, 4) is 0 Å². The van der Waals surface area contributed by atoms with Crippen LogP contribution in [0.2, 0.25) is 0 Å². The molecule has 0 aliphatic carbocycles. The van der Waals surface area contributed by atoms with Crippen molar-refractivity contribution in [2.24, 2.45) is 0 Å². The van der Waals surface area contributed by atoms with E-state index >= 15 is 0 Å². The molecule has 0 aromatic heterocycles. The topological polar surface area (TPSA) is 95.9 Å². The van der Waals surface area contributed by atoms with E-state index < -0.39 is 18.2 Å². The van der Waals surface area contributed by atoms with Crippen LogP contribution in [-0.4, -0.2) is 46.9 Å². The molecular formula is C59H103NO5. The lowest BCUT2D eigenvalue weighted by molar-refractivity contribution is -0.150. The maximum atomic E-state index is 13.2. The smallest absolute Gasteiger partial charge is 0.306 e. The van der Waals surface area contributed by atoms with Crippen LogP contribution in [0, 0.1) is 0 Å². The van der Waals surface area contributed by atoms with Crippen LogP contribution in [0.25, 0.3) is 0 Å². The van der Waals surface area contributed by atoms with Crippen molar-refractivity contribution >= 4 is 11.9 Å². The van der Waals surface area contributed by atoms with Crippen LogP contribution in [0.1, 0.15) is 252 Å². The average molecular weight is 906 g/mol. The second-order valence-electron chi connectivity index (χ2n) is 18.3. The Morgan fingerprint density at radius 2 is 0.923 bits per heavy atom. The van der Waals surface area contributed by atoms with Gasteiger partial charge in [-0.15, -0.1) is 0 Å². The predicted octanol–water partition coefficient (Wildman–Crippen LogP) is 16.7. The molecule has 6 nitrogen and oxygen atoms in total. The zero-order valence-electron chi connectivity index (χ0n) is 42.6. The van der Waals surface area contributed by atoms with Crippen LogP contribution in [0.3, 0.4) is 0 Å². The van der Waals surface area contributed by atoms with E-state index in [2.05, 4.69) is 105 Å². The zero-order chi connectivity index (χ0) is 47.4. The number of carbonyl (C=O) groups excluding carboxylic acids is 2. The fourth-order valence-corrected chi connectivity index (χ4v) is 7.88. The quantitative estimate of drug-likeness (QED) is 0.0245. The number of nitrogens with one attached hydrogen (secondary N) is 1. The molecule has 0 aromatic carbocycles. The van der Waals surface area contributed by atoms with Crippen molar-refractivity contribution in [2.75, 3.05) is 6.61 Å². The number of unbranched alkanes of at least 4 members (excludes halogenated alkanes) is 25. The largest absolute Gasteiger partial charge is 0.461 e. The maximum Gasteiger partial charge on any atom is 0.306 e. The molecule has 0 spiro atoms. The minimum Gasteiger partial charge on any atom is -0.461 e. The Kier molecular flexibility index (Phi) is 49.6. The molecule has 0 rings (SSSR count). The highest BCUT2D eigenvalue weighted by molar-refractivity contribution is 5.77. The Morgan fingerprint density at radius 1 is 0.492 bits per heavy atom. The predicted molar refractivity (Wildman–Crippen MR) is 282 cm³/mol. The summed E-state index contributed by atoms with van der Waals surface area (Å²) in [4.78, 5) is 26.2. The number of aliphatic hydroxyl groups excluding tert-OH is 2. The highest BCUT2D eigenvalue weighted by Gasteiger charge is 2.23. The molecular weight excluding hydrogens is 803 g/mol. The number of allylic oxidation sites excluding steroid dienone is 13. The van der Waals surface area contributed by atoms with Crippen LogP contribution in [-0.2, 0) is 14.3 Å². The van der Waals surface area contributed by atoms with Crippen LogP contribution in [0.15, 0.2) is 85.1 Å². The molecule has 0 radical (unpaired) electrons. The molecule has 0 aromatic rings. The van der Waals surface area contributed by atoms with Crippen molar-refractivity contribution in [1.29, 1.82) is 0 Å². The standard InChI is InChI=1S/C59H103NO5/c1-4-7-10-13-16-19-22-25-28-31-33-36-39-42-45-48-51-57(62)56(54-61)60-58(63)53-55(50-47-44-41-38-35-32-29-26-23-20-17-14-11-8-5-2)65-59(64)52-49-46-43-40-37-34-30-27-24-21-18-15-12-9-6-3/h9,12,15,17-18,20-21,24,26,29,35,38,44,47,55-57,61-62H,4-8,10-11,13-14,16,19,22-23,25,27-28,30-34,36-37,39-43,45-46,48-54H2,1-3H3,(H,60,63)/b12-9+,18-15+,20-17-,24-21+,29-26-,38-35-,47-44-. The van der Waals surface area contributed by atoms with Crippen molar-refractivity contribution < 1.29 is 24.5 Å². The normalized spacial score (nSPS) is 13.9. The number of rotatable bonds is 48. The molecule has 65 heavy (non-hydrogen) atoms. The molecule has 0 bridgehead atoms. The Balaban J connectivity index is 4.69. The Hall–Kier alpha value is -2.96. The summed E-state index contributed by atoms with van der Waals surface area (Å²) in [6.07, 6.45) is 68.0. The molecule has 3 unspecified atom stereocenters. The number of ether oxygens (including phenoxy) is 1. The highest BCUT2D eigenvalue weighted by atomic mass is 16.5. The van der Waals surface area contributed by atoms with Gasteiger partial charge in [0.25, 0.3) is 0 Å². The van der Waals surface area contributed by atoms with Crippen molar-refractivity contribution in [3.63, 3.8) is 0 Å². The van der Waals surface area contributed by atoms with Gasteiger partial charge in [-0.1, -0.05) is 254 Å². The average Bonchev–Trinajstić information content (AvgIpc) is 3.30. The van der Waals surface area contributed by atoms with Crippen molar-refractivity contribution in [1.82, 2.24) is 5.32 Å². The van der Waals surface area contributed by atoms with E-state index in [1.165, 1.54) is 135 Å². The van der Waals surface area contributed by atoms with Gasteiger partial charge < -0.3 is 20.3 Å². The number of hydrogen-bond acceptors (Lipinski definition) is 5. The molecule has 374 valence electrons. The van der Waals surface area contributed by atoms with Gasteiger partial charge >= 0.3 is 5.97 Å².